The summed E-state index contributed by atoms with van der Waals surface area (Å²) in [6.07, 6.45) is -2.31. The van der Waals surface area contributed by atoms with Crippen molar-refractivity contribution >= 4 is 53.2 Å². The highest BCUT2D eigenvalue weighted by Gasteiger charge is 2.36. The lowest BCUT2D eigenvalue weighted by molar-refractivity contribution is -0.156. The molecule has 5 rings (SSSR count). The van der Waals surface area contributed by atoms with Crippen LogP contribution in [0, 0.1) is 0 Å². The molecule has 1 fully saturated rings. The van der Waals surface area contributed by atoms with Gasteiger partial charge in [0, 0.05) is 62.4 Å². The summed E-state index contributed by atoms with van der Waals surface area (Å²) in [7, 11) is -1.68. The van der Waals surface area contributed by atoms with Crippen LogP contribution < -0.4 is 15.5 Å². The van der Waals surface area contributed by atoms with E-state index in [9.17, 15) is 27.6 Å². The molecule has 0 amide bonds. The Hall–Kier alpha value is -4.37. The summed E-state index contributed by atoms with van der Waals surface area (Å²) in [4.78, 5) is 24.6. The average molecular weight is 748 g/mol. The molecule has 13 nitrogen and oxygen atoms in total. The molecule has 0 aliphatic carbocycles. The first-order valence-electron chi connectivity index (χ1n) is 16.9. The second-order valence-corrected chi connectivity index (χ2v) is 15.4. The lowest BCUT2D eigenvalue weighted by Gasteiger charge is -2.36. The number of hydrogen-bond acceptors (Lipinski definition) is 12. The summed E-state index contributed by atoms with van der Waals surface area (Å²) in [6, 6.07) is 10.1. The van der Waals surface area contributed by atoms with Gasteiger partial charge in [0.05, 0.1) is 37.0 Å². The minimum absolute atomic E-state index is 0.0592. The number of ether oxygens (including phenoxy) is 1. The second kappa shape index (κ2) is 15.7. The zero-order valence-corrected chi connectivity index (χ0v) is 31.0. The second-order valence-electron chi connectivity index (χ2n) is 13.3. The molecule has 2 aromatic heterocycles. The van der Waals surface area contributed by atoms with Crippen molar-refractivity contribution in [3.8, 4) is 5.88 Å². The van der Waals surface area contributed by atoms with Crippen LogP contribution in [-0.2, 0) is 42.5 Å². The largest absolute Gasteiger partial charge is 0.494 e. The number of hydrogen-bond donors (Lipinski definition) is 3. The maximum Gasteiger partial charge on any atom is 0.421 e. The highest BCUT2D eigenvalue weighted by atomic mass is 31.2. The van der Waals surface area contributed by atoms with Gasteiger partial charge in [-0.3, -0.25) is 14.3 Å². The smallest absolute Gasteiger partial charge is 0.421 e. The number of carbonyl (C=O) groups is 1. The number of aromatic nitrogens is 3. The van der Waals surface area contributed by atoms with Gasteiger partial charge in [0.1, 0.15) is 17.0 Å². The Kier molecular flexibility index (Phi) is 11.7. The van der Waals surface area contributed by atoms with E-state index in [1.807, 2.05) is 25.7 Å². The summed E-state index contributed by atoms with van der Waals surface area (Å²) in [6.45, 7) is 11.9. The van der Waals surface area contributed by atoms with Crippen molar-refractivity contribution in [2.75, 3.05) is 61.5 Å². The van der Waals surface area contributed by atoms with Crippen LogP contribution in [0.25, 0.3) is 10.8 Å². The maximum atomic E-state index is 14.2. The third-order valence-corrected chi connectivity index (χ3v) is 10.2. The number of alkyl halides is 3. The van der Waals surface area contributed by atoms with E-state index in [2.05, 4.69) is 25.5 Å². The van der Waals surface area contributed by atoms with E-state index in [0.717, 1.165) is 5.69 Å². The molecule has 3 N–H and O–H groups in total. The zero-order chi connectivity index (χ0) is 37.8. The van der Waals surface area contributed by atoms with Crippen LogP contribution in [-0.4, -0.2) is 82.0 Å². The van der Waals surface area contributed by atoms with Crippen LogP contribution in [0.5, 0.6) is 5.88 Å². The van der Waals surface area contributed by atoms with E-state index in [1.54, 1.807) is 63.5 Å². The Bertz CT molecular complexity index is 1910. The quantitative estimate of drug-likeness (QED) is 0.0926. The molecule has 0 bridgehead atoms. The van der Waals surface area contributed by atoms with Gasteiger partial charge in [-0.25, -0.2) is 4.98 Å². The number of fused-ring (bicyclic) bond motifs is 1. The number of esters is 1. The first kappa shape index (κ1) is 38.9. The van der Waals surface area contributed by atoms with Gasteiger partial charge in [-0.2, -0.15) is 18.2 Å². The molecule has 1 saturated heterocycles. The van der Waals surface area contributed by atoms with Gasteiger partial charge in [0.15, 0.2) is 0 Å². The predicted molar refractivity (Wildman–Crippen MR) is 194 cm³/mol. The van der Waals surface area contributed by atoms with Crippen molar-refractivity contribution < 1.29 is 41.4 Å². The molecule has 1 aliphatic heterocycles. The lowest BCUT2D eigenvalue weighted by atomic mass is 10.1. The molecule has 3 heterocycles. The molecule has 17 heteroatoms. The summed E-state index contributed by atoms with van der Waals surface area (Å²) < 4.78 is 73.3. The standard InChI is InChI=1S/C35H45F3N7O6P/c1-7-49-52(48,50-8-2)22-23-9-11-24(12-10-23)40-33-39-19-26(35(36,37)38)31(42-33)41-27-13-14-28(25-20-43(6)32(47)30(25)27)45-17-15-44(16-18-45)21-29(46)51-34(3,4)5/h9-14,19-20,47H,7-8,15-18,21-22H2,1-6H3,(H2,39,40,41,42). The molecule has 0 saturated carbocycles. The van der Waals surface area contributed by atoms with Crippen LogP contribution >= 0.6 is 7.60 Å². The van der Waals surface area contributed by atoms with Crippen LogP contribution in [0.4, 0.5) is 42.0 Å². The number of rotatable bonds is 13. The lowest BCUT2D eigenvalue weighted by Crippen LogP contribution is -2.48. The number of benzene rings is 2. The fraction of sp³-hybridized carbons (Fsp3) is 0.457. The SMILES string of the molecule is CCOP(=O)(Cc1ccc(Nc2ncc(C(F)(F)F)c(Nc3ccc(N4CCN(CC(=O)OC(C)(C)C)CC4)c4cn(C)c(O)c34)n2)cc1)OCC. The predicted octanol–water partition coefficient (Wildman–Crippen LogP) is 7.41. The molecule has 0 radical (unpaired) electrons. The highest BCUT2D eigenvalue weighted by molar-refractivity contribution is 7.53. The van der Waals surface area contributed by atoms with E-state index < -0.39 is 30.8 Å². The summed E-state index contributed by atoms with van der Waals surface area (Å²) in [5, 5.41) is 17.8. The van der Waals surface area contributed by atoms with E-state index >= 15 is 0 Å². The Balaban J connectivity index is 1.37. The molecule has 0 unspecified atom stereocenters. The molecular weight excluding hydrogens is 702 g/mol. The Morgan fingerprint density at radius 1 is 0.981 bits per heavy atom. The number of aryl methyl sites for hydroxylation is 1. The van der Waals surface area contributed by atoms with Gasteiger partial charge in [0.2, 0.25) is 11.8 Å². The summed E-state index contributed by atoms with van der Waals surface area (Å²) in [5.74, 6) is -1.05. The van der Waals surface area contributed by atoms with E-state index in [4.69, 9.17) is 13.8 Å². The molecule has 52 heavy (non-hydrogen) atoms. The van der Waals surface area contributed by atoms with Gasteiger partial charge in [-0.15, -0.1) is 0 Å². The van der Waals surface area contributed by atoms with Crippen molar-refractivity contribution in [3.63, 3.8) is 0 Å². The van der Waals surface area contributed by atoms with E-state index in [-0.39, 0.29) is 49.4 Å². The molecule has 282 valence electrons. The monoisotopic (exact) mass is 747 g/mol. The molecular formula is C35H45F3N7O6P. The van der Waals surface area contributed by atoms with Crippen LogP contribution in [0.15, 0.2) is 48.8 Å². The van der Waals surface area contributed by atoms with Gasteiger partial charge < -0.3 is 39.0 Å². The fourth-order valence-corrected chi connectivity index (χ4v) is 7.64. The number of halogens is 3. The van der Waals surface area contributed by atoms with Crippen molar-refractivity contribution in [1.29, 1.82) is 0 Å². The topological polar surface area (TPSA) is 143 Å². The maximum absolute atomic E-state index is 14.2. The Labute approximate surface area is 300 Å². The van der Waals surface area contributed by atoms with Crippen LogP contribution in [0.1, 0.15) is 45.7 Å². The summed E-state index contributed by atoms with van der Waals surface area (Å²) in [5.41, 5.74) is 0.505. The number of nitrogens with one attached hydrogen (secondary N) is 2. The van der Waals surface area contributed by atoms with Gasteiger partial charge in [0.25, 0.3) is 0 Å². The Morgan fingerprint density at radius 2 is 1.63 bits per heavy atom. The number of piperazine rings is 1. The average Bonchev–Trinajstić information content (AvgIpc) is 3.35. The number of carbonyl (C=O) groups excluding carboxylic acids is 1. The molecule has 2 aromatic carbocycles. The van der Waals surface area contributed by atoms with E-state index in [0.29, 0.717) is 54.4 Å². The summed E-state index contributed by atoms with van der Waals surface area (Å²) >= 11 is 0. The fourth-order valence-electron chi connectivity index (χ4n) is 5.93. The molecule has 1 aliphatic rings. The number of anilines is 5. The molecule has 4 aromatic rings. The minimum atomic E-state index is -4.78. The molecule has 0 atom stereocenters. The van der Waals surface area contributed by atoms with Crippen LogP contribution in [0.3, 0.4) is 0 Å². The first-order chi connectivity index (χ1) is 24.5. The van der Waals surface area contributed by atoms with Crippen molar-refractivity contribution in [3.05, 3.63) is 59.9 Å². The number of nitrogens with zero attached hydrogens (tertiary/aromatic N) is 5. The van der Waals surface area contributed by atoms with Crippen LogP contribution in [0.2, 0.25) is 0 Å². The van der Waals surface area contributed by atoms with Crippen molar-refractivity contribution in [1.82, 2.24) is 19.4 Å². The number of aromatic hydroxyl groups is 1. The minimum Gasteiger partial charge on any atom is -0.494 e. The van der Waals surface area contributed by atoms with Crippen molar-refractivity contribution in [2.45, 2.75) is 52.6 Å². The first-order valence-corrected chi connectivity index (χ1v) is 18.7. The Morgan fingerprint density at radius 3 is 2.23 bits per heavy atom. The van der Waals surface area contributed by atoms with Gasteiger partial charge in [-0.05, 0) is 64.4 Å². The zero-order valence-electron chi connectivity index (χ0n) is 30.1. The third kappa shape index (κ3) is 9.54. The van der Waals surface area contributed by atoms with Gasteiger partial charge >= 0.3 is 19.7 Å². The van der Waals surface area contributed by atoms with Crippen molar-refractivity contribution in [2.24, 2.45) is 7.05 Å². The van der Waals surface area contributed by atoms with Gasteiger partial charge in [-0.1, -0.05) is 12.1 Å². The third-order valence-electron chi connectivity index (χ3n) is 8.17. The molecule has 0 spiro atoms. The normalized spacial score (nSPS) is 14.5. The van der Waals surface area contributed by atoms with E-state index in [1.165, 1.54) is 4.57 Å². The highest BCUT2D eigenvalue weighted by Crippen LogP contribution is 2.51.